The van der Waals surface area contributed by atoms with E-state index in [1.54, 1.807) is 12.1 Å². The summed E-state index contributed by atoms with van der Waals surface area (Å²) < 4.78 is 16.3. The van der Waals surface area contributed by atoms with Crippen LogP contribution in [0.1, 0.15) is 19.3 Å². The van der Waals surface area contributed by atoms with Crippen LogP contribution in [0.2, 0.25) is 0 Å². The van der Waals surface area contributed by atoms with E-state index in [1.165, 1.54) is 12.3 Å². The molecule has 0 saturated heterocycles. The number of unbranched alkanes of at least 4 members (excludes halogenated alkanes) is 2. The molecule has 0 radical (unpaired) electrons. The number of terminal acetylenes is 1. The maximum atomic E-state index is 11.9. The number of carbonyl (C=O) groups excluding carboxylic acids is 1. The summed E-state index contributed by atoms with van der Waals surface area (Å²) in [4.78, 5) is 23.5. The molecule has 0 aliphatic heterocycles. The van der Waals surface area contributed by atoms with Crippen molar-refractivity contribution in [3.05, 3.63) is 40.9 Å². The van der Waals surface area contributed by atoms with Crippen molar-refractivity contribution in [2.45, 2.75) is 19.3 Å². The van der Waals surface area contributed by atoms with Crippen molar-refractivity contribution >= 4 is 27.8 Å². The molecule has 1 amide bonds. The lowest BCUT2D eigenvalue weighted by Crippen LogP contribution is -2.29. The molecule has 0 saturated carbocycles. The number of nitrogens with one attached hydrogen (secondary N) is 1. The number of fused-ring (bicyclic) bond motifs is 2. The summed E-state index contributed by atoms with van der Waals surface area (Å²) in [5.74, 6) is 2.53. The van der Waals surface area contributed by atoms with Crippen LogP contribution in [0.3, 0.4) is 0 Å². The van der Waals surface area contributed by atoms with Crippen LogP contribution in [0.15, 0.2) is 44.2 Å². The van der Waals surface area contributed by atoms with E-state index < -0.39 is 5.63 Å². The zero-order chi connectivity index (χ0) is 17.6. The van der Waals surface area contributed by atoms with Crippen LogP contribution in [0.4, 0.5) is 0 Å². The second kappa shape index (κ2) is 7.58. The number of benzene rings is 1. The Bertz CT molecular complexity index is 992. The lowest BCUT2D eigenvalue weighted by Gasteiger charge is -2.09. The van der Waals surface area contributed by atoms with Crippen molar-refractivity contribution in [2.24, 2.45) is 0 Å². The summed E-state index contributed by atoms with van der Waals surface area (Å²) >= 11 is 0. The minimum Gasteiger partial charge on any atom is -0.476 e. The summed E-state index contributed by atoms with van der Waals surface area (Å²) in [6.45, 7) is 0.327. The third kappa shape index (κ3) is 3.83. The number of hydrogen-bond acceptors (Lipinski definition) is 5. The molecular weight excluding hydrogens is 322 g/mol. The summed E-state index contributed by atoms with van der Waals surface area (Å²) in [5, 5.41) is 4.25. The largest absolute Gasteiger partial charge is 0.476 e. The summed E-state index contributed by atoms with van der Waals surface area (Å²) in [5.41, 5.74) is 0.196. The van der Waals surface area contributed by atoms with Crippen molar-refractivity contribution in [3.8, 4) is 18.1 Å². The highest BCUT2D eigenvalue weighted by molar-refractivity contribution is 6.00. The van der Waals surface area contributed by atoms with Gasteiger partial charge in [-0.1, -0.05) is 0 Å². The first kappa shape index (κ1) is 16.7. The molecule has 0 aliphatic carbocycles. The fourth-order valence-corrected chi connectivity index (χ4v) is 2.51. The highest BCUT2D eigenvalue weighted by Crippen LogP contribution is 2.34. The molecule has 2 aromatic heterocycles. The van der Waals surface area contributed by atoms with Crippen LogP contribution in [-0.2, 0) is 4.79 Å². The zero-order valence-electron chi connectivity index (χ0n) is 13.5. The Labute approximate surface area is 143 Å². The topological polar surface area (TPSA) is 81.7 Å². The Hall–Kier alpha value is -3.20. The smallest absolute Gasteiger partial charge is 0.336 e. The Morgan fingerprint density at radius 1 is 1.20 bits per heavy atom. The maximum absolute atomic E-state index is 11.9. The van der Waals surface area contributed by atoms with Crippen molar-refractivity contribution in [1.29, 1.82) is 0 Å². The van der Waals surface area contributed by atoms with E-state index in [-0.39, 0.29) is 23.8 Å². The number of ether oxygens (including phenoxy) is 1. The van der Waals surface area contributed by atoms with E-state index in [9.17, 15) is 9.59 Å². The van der Waals surface area contributed by atoms with Crippen LogP contribution in [0, 0.1) is 12.3 Å². The Kier molecular flexibility index (Phi) is 5.05. The van der Waals surface area contributed by atoms with E-state index >= 15 is 0 Å². The Balaban J connectivity index is 1.74. The summed E-state index contributed by atoms with van der Waals surface area (Å²) in [7, 11) is 0. The number of rotatable bonds is 7. The van der Waals surface area contributed by atoms with Gasteiger partial charge in [-0.2, -0.15) is 0 Å². The first-order chi connectivity index (χ1) is 12.2. The van der Waals surface area contributed by atoms with E-state index in [1.807, 2.05) is 6.07 Å². The molecule has 0 spiro atoms. The van der Waals surface area contributed by atoms with Crippen LogP contribution in [-0.4, -0.2) is 19.1 Å². The minimum atomic E-state index is -0.499. The van der Waals surface area contributed by atoms with Gasteiger partial charge in [0.15, 0.2) is 17.8 Å². The van der Waals surface area contributed by atoms with Gasteiger partial charge in [0.2, 0.25) is 5.75 Å². The molecule has 25 heavy (non-hydrogen) atoms. The van der Waals surface area contributed by atoms with Gasteiger partial charge in [0, 0.05) is 29.8 Å². The predicted molar refractivity (Wildman–Crippen MR) is 93.4 cm³/mol. The molecule has 6 nitrogen and oxygen atoms in total. The van der Waals surface area contributed by atoms with Gasteiger partial charge in [-0.3, -0.25) is 4.79 Å². The van der Waals surface area contributed by atoms with Gasteiger partial charge >= 0.3 is 5.63 Å². The molecule has 0 aliphatic rings. The average Bonchev–Trinajstić information content (AvgIpc) is 3.07. The SMILES string of the molecule is C#CCCCCNC(=O)COc1c2occc2cc2ccc(=O)oc12. The van der Waals surface area contributed by atoms with Gasteiger partial charge in [-0.25, -0.2) is 4.79 Å². The molecule has 6 heteroatoms. The first-order valence-electron chi connectivity index (χ1n) is 7.96. The second-order valence-corrected chi connectivity index (χ2v) is 5.52. The van der Waals surface area contributed by atoms with Crippen molar-refractivity contribution < 1.29 is 18.4 Å². The molecule has 1 N–H and O–H groups in total. The standard InChI is InChI=1S/C19H17NO5/c1-2-3-4-5-9-20-15(21)12-24-19-17-14(8-10-23-17)11-13-6-7-16(22)25-18(13)19/h1,6-8,10-11H,3-5,9,12H2,(H,20,21). The van der Waals surface area contributed by atoms with E-state index in [0.717, 1.165) is 18.2 Å². The molecule has 1 aromatic carbocycles. The molecule has 0 bridgehead atoms. The zero-order valence-corrected chi connectivity index (χ0v) is 13.5. The number of amides is 1. The lowest BCUT2D eigenvalue weighted by atomic mass is 10.1. The molecule has 0 atom stereocenters. The third-order valence-corrected chi connectivity index (χ3v) is 3.70. The lowest BCUT2D eigenvalue weighted by molar-refractivity contribution is -0.123. The van der Waals surface area contributed by atoms with Crippen molar-refractivity contribution in [1.82, 2.24) is 5.32 Å². The van der Waals surface area contributed by atoms with Crippen LogP contribution in [0.5, 0.6) is 5.75 Å². The molecule has 3 aromatic rings. The van der Waals surface area contributed by atoms with Gasteiger partial charge in [0.1, 0.15) is 0 Å². The van der Waals surface area contributed by atoms with E-state index in [4.69, 9.17) is 20.0 Å². The van der Waals surface area contributed by atoms with Gasteiger partial charge in [-0.15, -0.1) is 12.3 Å². The first-order valence-corrected chi connectivity index (χ1v) is 7.96. The number of carbonyl (C=O) groups is 1. The fourth-order valence-electron chi connectivity index (χ4n) is 2.51. The van der Waals surface area contributed by atoms with Crippen molar-refractivity contribution in [3.63, 3.8) is 0 Å². The van der Waals surface area contributed by atoms with Crippen LogP contribution >= 0.6 is 0 Å². The maximum Gasteiger partial charge on any atom is 0.336 e. The molecule has 128 valence electrons. The highest BCUT2D eigenvalue weighted by atomic mass is 16.5. The number of furan rings is 1. The normalized spacial score (nSPS) is 10.7. The Morgan fingerprint density at radius 2 is 2.04 bits per heavy atom. The van der Waals surface area contributed by atoms with Crippen LogP contribution in [0.25, 0.3) is 21.9 Å². The summed E-state index contributed by atoms with van der Waals surface area (Å²) in [6.07, 6.45) is 9.05. The second-order valence-electron chi connectivity index (χ2n) is 5.52. The van der Waals surface area contributed by atoms with Crippen LogP contribution < -0.4 is 15.7 Å². The van der Waals surface area contributed by atoms with E-state index in [2.05, 4.69) is 11.2 Å². The highest BCUT2D eigenvalue weighted by Gasteiger charge is 2.16. The average molecular weight is 339 g/mol. The molecule has 2 heterocycles. The van der Waals surface area contributed by atoms with Gasteiger partial charge in [0.05, 0.1) is 6.26 Å². The third-order valence-electron chi connectivity index (χ3n) is 3.70. The van der Waals surface area contributed by atoms with E-state index in [0.29, 0.717) is 23.9 Å². The van der Waals surface area contributed by atoms with Gasteiger partial charge < -0.3 is 18.9 Å². The van der Waals surface area contributed by atoms with Gasteiger partial charge in [-0.05, 0) is 31.0 Å². The Morgan fingerprint density at radius 3 is 2.88 bits per heavy atom. The number of hydrogen-bond donors (Lipinski definition) is 1. The monoisotopic (exact) mass is 339 g/mol. The molecule has 0 fully saturated rings. The summed E-state index contributed by atoms with van der Waals surface area (Å²) in [6, 6.07) is 6.58. The quantitative estimate of drug-likeness (QED) is 0.407. The predicted octanol–water partition coefficient (Wildman–Crippen LogP) is 2.84. The minimum absolute atomic E-state index is 0.206. The van der Waals surface area contributed by atoms with Gasteiger partial charge in [0.25, 0.3) is 5.91 Å². The molecular formula is C19H17NO5. The molecule has 0 unspecified atom stereocenters. The van der Waals surface area contributed by atoms with Crippen molar-refractivity contribution in [2.75, 3.05) is 13.2 Å². The molecule has 3 rings (SSSR count). The fraction of sp³-hybridized carbons (Fsp3) is 0.263.